The Morgan fingerprint density at radius 2 is 2.27 bits per heavy atom. The van der Waals surface area contributed by atoms with Crippen molar-refractivity contribution in [3.05, 3.63) is 18.7 Å². The van der Waals surface area contributed by atoms with Gasteiger partial charge in [0.05, 0.1) is 24.6 Å². The molecule has 1 atom stereocenters. The second-order valence-corrected chi connectivity index (χ2v) is 3.29. The lowest BCUT2D eigenvalue weighted by Gasteiger charge is -2.10. The fourth-order valence-electron chi connectivity index (χ4n) is 1.50. The van der Waals surface area contributed by atoms with Gasteiger partial charge in [-0.1, -0.05) is 0 Å². The molecule has 0 saturated carbocycles. The van der Waals surface area contributed by atoms with Crippen molar-refractivity contribution < 1.29 is 9.53 Å². The molecule has 0 aliphatic carbocycles. The number of hydrogen-bond donors (Lipinski definition) is 1. The van der Waals surface area contributed by atoms with Crippen LogP contribution in [0.15, 0.2) is 18.7 Å². The Hall–Kier alpha value is -1.69. The van der Waals surface area contributed by atoms with E-state index in [2.05, 4.69) is 9.97 Å². The molecule has 1 aromatic heterocycles. The molecule has 6 nitrogen and oxygen atoms in total. The summed E-state index contributed by atoms with van der Waals surface area (Å²) in [6, 6.07) is 0. The molecule has 6 heteroatoms. The Kier molecular flexibility index (Phi) is 2.77. The van der Waals surface area contributed by atoms with E-state index in [-0.39, 0.29) is 12.2 Å². The molecule has 2 N–H and O–H groups in total. The third-order valence-corrected chi connectivity index (χ3v) is 2.22. The Balaban J connectivity index is 2.09. The molecule has 80 valence electrons. The zero-order valence-corrected chi connectivity index (χ0v) is 8.17. The average molecular weight is 208 g/mol. The van der Waals surface area contributed by atoms with Crippen LogP contribution in [0.4, 0.5) is 10.5 Å². The summed E-state index contributed by atoms with van der Waals surface area (Å²) < 4.78 is 5.12. The summed E-state index contributed by atoms with van der Waals surface area (Å²) in [4.78, 5) is 20.7. The van der Waals surface area contributed by atoms with Crippen LogP contribution in [0.3, 0.4) is 0 Å². The molecule has 1 aliphatic heterocycles. The summed E-state index contributed by atoms with van der Waals surface area (Å²) in [5.41, 5.74) is 6.06. The molecule has 15 heavy (non-hydrogen) atoms. The Morgan fingerprint density at radius 1 is 1.53 bits per heavy atom. The van der Waals surface area contributed by atoms with Crippen molar-refractivity contribution in [2.24, 2.45) is 5.73 Å². The molecular formula is C9H12N4O2. The molecule has 1 unspecified atom stereocenters. The minimum absolute atomic E-state index is 0.122. The maximum atomic E-state index is 11.5. The van der Waals surface area contributed by atoms with Crippen molar-refractivity contribution >= 4 is 11.8 Å². The first-order valence-electron chi connectivity index (χ1n) is 4.74. The van der Waals surface area contributed by atoms with E-state index in [0.29, 0.717) is 25.2 Å². The molecule has 2 rings (SSSR count). The quantitative estimate of drug-likeness (QED) is 0.764. The van der Waals surface area contributed by atoms with Gasteiger partial charge in [0.1, 0.15) is 12.4 Å². The topological polar surface area (TPSA) is 81.3 Å². The molecule has 0 spiro atoms. The fourth-order valence-corrected chi connectivity index (χ4v) is 1.50. The van der Waals surface area contributed by atoms with Gasteiger partial charge >= 0.3 is 6.09 Å². The van der Waals surface area contributed by atoms with E-state index in [9.17, 15) is 4.79 Å². The molecular weight excluding hydrogens is 196 g/mol. The molecule has 2 heterocycles. The summed E-state index contributed by atoms with van der Waals surface area (Å²) in [5, 5.41) is 0. The van der Waals surface area contributed by atoms with Crippen molar-refractivity contribution in [3.8, 4) is 0 Å². The number of aromatic nitrogens is 2. The lowest BCUT2D eigenvalue weighted by Crippen LogP contribution is -2.25. The third-order valence-electron chi connectivity index (χ3n) is 2.22. The minimum Gasteiger partial charge on any atom is -0.444 e. The predicted octanol–water partition coefficient (Wildman–Crippen LogP) is 0.151. The summed E-state index contributed by atoms with van der Waals surface area (Å²) >= 11 is 0. The van der Waals surface area contributed by atoms with Crippen LogP contribution in [-0.4, -0.2) is 35.3 Å². The number of nitrogens with two attached hydrogens (primary N) is 1. The first kappa shape index (κ1) is 9.85. The van der Waals surface area contributed by atoms with Gasteiger partial charge < -0.3 is 10.5 Å². The molecule has 0 aromatic carbocycles. The van der Waals surface area contributed by atoms with Crippen LogP contribution in [-0.2, 0) is 4.74 Å². The van der Waals surface area contributed by atoms with Gasteiger partial charge in [0.2, 0.25) is 0 Å². The van der Waals surface area contributed by atoms with Gasteiger partial charge in [-0.3, -0.25) is 4.90 Å². The van der Waals surface area contributed by atoms with E-state index >= 15 is 0 Å². The Labute approximate surface area is 87.1 Å². The van der Waals surface area contributed by atoms with Crippen molar-refractivity contribution in [1.29, 1.82) is 0 Å². The van der Waals surface area contributed by atoms with E-state index in [1.54, 1.807) is 12.4 Å². The lowest BCUT2D eigenvalue weighted by atomic mass is 10.2. The summed E-state index contributed by atoms with van der Waals surface area (Å²) in [6.07, 6.45) is 4.78. The van der Waals surface area contributed by atoms with E-state index in [1.807, 2.05) is 0 Å². The largest absolute Gasteiger partial charge is 0.444 e. The molecule has 1 fully saturated rings. The first-order valence-corrected chi connectivity index (χ1v) is 4.74. The van der Waals surface area contributed by atoms with Gasteiger partial charge in [-0.15, -0.1) is 0 Å². The highest BCUT2D eigenvalue weighted by Gasteiger charge is 2.31. The van der Waals surface area contributed by atoms with Crippen molar-refractivity contribution in [2.45, 2.75) is 12.5 Å². The van der Waals surface area contributed by atoms with Gasteiger partial charge in [-0.2, -0.15) is 0 Å². The second kappa shape index (κ2) is 4.22. The van der Waals surface area contributed by atoms with Crippen LogP contribution < -0.4 is 10.6 Å². The number of carbonyl (C=O) groups excluding carboxylic acids is 1. The zero-order valence-electron chi connectivity index (χ0n) is 8.17. The van der Waals surface area contributed by atoms with Crippen molar-refractivity contribution in [2.75, 3.05) is 18.0 Å². The van der Waals surface area contributed by atoms with Crippen molar-refractivity contribution in [3.63, 3.8) is 0 Å². The van der Waals surface area contributed by atoms with Crippen LogP contribution in [0.1, 0.15) is 6.42 Å². The van der Waals surface area contributed by atoms with E-state index < -0.39 is 0 Å². The number of rotatable bonds is 3. The minimum atomic E-state index is -0.358. The maximum absolute atomic E-state index is 11.5. The van der Waals surface area contributed by atoms with E-state index in [0.717, 1.165) is 0 Å². The molecule has 1 aromatic rings. The monoisotopic (exact) mass is 208 g/mol. The maximum Gasteiger partial charge on any atom is 0.414 e. The van der Waals surface area contributed by atoms with E-state index in [4.69, 9.17) is 10.5 Å². The number of ether oxygens (including phenoxy) is 1. The van der Waals surface area contributed by atoms with Crippen LogP contribution in [0.5, 0.6) is 0 Å². The summed E-state index contributed by atoms with van der Waals surface area (Å²) in [6.45, 7) is 1.03. The third kappa shape index (κ3) is 2.04. The number of hydrogen-bond acceptors (Lipinski definition) is 5. The normalized spacial score (nSPS) is 20.5. The molecule has 0 bridgehead atoms. The standard InChI is InChI=1S/C9H12N4O2/c10-2-1-8-5-13(9(14)15-8)7-3-11-6-12-4-7/h3-4,6,8H,1-2,5,10H2. The highest BCUT2D eigenvalue weighted by molar-refractivity contribution is 5.89. The average Bonchev–Trinajstić information content (AvgIpc) is 2.61. The van der Waals surface area contributed by atoms with Crippen molar-refractivity contribution in [1.82, 2.24) is 9.97 Å². The molecule has 0 radical (unpaired) electrons. The Morgan fingerprint density at radius 3 is 2.93 bits per heavy atom. The van der Waals surface area contributed by atoms with Crippen LogP contribution in [0.2, 0.25) is 0 Å². The summed E-state index contributed by atoms with van der Waals surface area (Å²) in [7, 11) is 0. The van der Waals surface area contributed by atoms with Crippen LogP contribution in [0.25, 0.3) is 0 Å². The molecule has 1 amide bonds. The highest BCUT2D eigenvalue weighted by atomic mass is 16.6. The molecule has 1 saturated heterocycles. The fraction of sp³-hybridized carbons (Fsp3) is 0.444. The number of carbonyl (C=O) groups is 1. The lowest BCUT2D eigenvalue weighted by molar-refractivity contribution is 0.138. The SMILES string of the molecule is NCCC1CN(c2cncnc2)C(=O)O1. The van der Waals surface area contributed by atoms with Gasteiger partial charge in [0, 0.05) is 0 Å². The Bertz CT molecular complexity index is 343. The molecule has 1 aliphatic rings. The number of amides is 1. The number of anilines is 1. The van der Waals surface area contributed by atoms with Gasteiger partial charge in [-0.05, 0) is 13.0 Å². The van der Waals surface area contributed by atoms with Gasteiger partial charge in [0.15, 0.2) is 0 Å². The smallest absolute Gasteiger partial charge is 0.414 e. The second-order valence-electron chi connectivity index (χ2n) is 3.29. The highest BCUT2D eigenvalue weighted by Crippen LogP contribution is 2.20. The summed E-state index contributed by atoms with van der Waals surface area (Å²) in [5.74, 6) is 0. The van der Waals surface area contributed by atoms with Gasteiger partial charge in [-0.25, -0.2) is 14.8 Å². The van der Waals surface area contributed by atoms with Gasteiger partial charge in [0.25, 0.3) is 0 Å². The first-order chi connectivity index (χ1) is 7.31. The van der Waals surface area contributed by atoms with Crippen LogP contribution >= 0.6 is 0 Å². The number of nitrogens with zero attached hydrogens (tertiary/aromatic N) is 3. The predicted molar refractivity (Wildman–Crippen MR) is 53.3 cm³/mol. The van der Waals surface area contributed by atoms with Crippen LogP contribution in [0, 0.1) is 0 Å². The van der Waals surface area contributed by atoms with E-state index in [1.165, 1.54) is 11.2 Å². The number of cyclic esters (lactones) is 1. The zero-order chi connectivity index (χ0) is 10.7.